The van der Waals surface area contributed by atoms with Crippen LogP contribution in [0.3, 0.4) is 0 Å². The molecular weight excluding hydrogens is 389 g/mol. The molecule has 1 aliphatic rings. The van der Waals surface area contributed by atoms with Crippen LogP contribution in [0.5, 0.6) is 0 Å². The van der Waals surface area contributed by atoms with Crippen molar-refractivity contribution in [1.29, 1.82) is 0 Å². The number of carbonyl (C=O) groups is 3. The lowest BCUT2D eigenvalue weighted by atomic mass is 10.1. The van der Waals surface area contributed by atoms with Gasteiger partial charge in [-0.15, -0.1) is 0 Å². The van der Waals surface area contributed by atoms with Gasteiger partial charge in [0.05, 0.1) is 23.4 Å². The summed E-state index contributed by atoms with van der Waals surface area (Å²) in [6, 6.07) is 3.81. The largest absolute Gasteiger partial charge is 0.391 e. The van der Waals surface area contributed by atoms with Gasteiger partial charge in [-0.05, 0) is 69.4 Å². The summed E-state index contributed by atoms with van der Waals surface area (Å²) in [4.78, 5) is 38.2. The van der Waals surface area contributed by atoms with Gasteiger partial charge in [0.25, 0.3) is 17.6 Å². The fraction of sp³-hybridized carbons (Fsp3) is 0.409. The van der Waals surface area contributed by atoms with E-state index in [1.165, 1.54) is 22.8 Å². The van der Waals surface area contributed by atoms with E-state index in [0.717, 1.165) is 6.42 Å². The number of benzene rings is 1. The van der Waals surface area contributed by atoms with Crippen LogP contribution < -0.4 is 10.6 Å². The highest BCUT2D eigenvalue weighted by molar-refractivity contribution is 6.43. The normalized spacial score (nSPS) is 18.3. The number of rotatable bonds is 5. The maximum absolute atomic E-state index is 13.5. The smallest absolute Gasteiger partial charge is 0.294 e. The molecule has 2 atom stereocenters. The van der Waals surface area contributed by atoms with Gasteiger partial charge in [0.2, 0.25) is 0 Å². The van der Waals surface area contributed by atoms with Gasteiger partial charge in [0, 0.05) is 18.4 Å². The van der Waals surface area contributed by atoms with Crippen LogP contribution in [0, 0.1) is 26.6 Å². The summed E-state index contributed by atoms with van der Waals surface area (Å²) in [5.74, 6) is -2.37. The van der Waals surface area contributed by atoms with Crippen molar-refractivity contribution >= 4 is 23.3 Å². The van der Waals surface area contributed by atoms with E-state index >= 15 is 0 Å². The van der Waals surface area contributed by atoms with Gasteiger partial charge in [-0.1, -0.05) is 0 Å². The molecule has 1 aromatic heterocycles. The van der Waals surface area contributed by atoms with Crippen molar-refractivity contribution in [3.05, 3.63) is 52.1 Å². The van der Waals surface area contributed by atoms with Crippen molar-refractivity contribution in [3.63, 3.8) is 0 Å². The van der Waals surface area contributed by atoms with Crippen LogP contribution in [-0.4, -0.2) is 39.4 Å². The number of nitrogens with one attached hydrogen (secondary N) is 2. The molecule has 0 unspecified atom stereocenters. The maximum Gasteiger partial charge on any atom is 0.294 e. The molecule has 0 spiro atoms. The molecule has 1 aliphatic carbocycles. The van der Waals surface area contributed by atoms with Gasteiger partial charge in [0.1, 0.15) is 5.82 Å². The number of Topliss-reactive ketones (excluding diaryl/α,β-unsaturated/α-hetero) is 1. The van der Waals surface area contributed by atoms with Gasteiger partial charge in [0.15, 0.2) is 0 Å². The Labute approximate surface area is 174 Å². The second-order valence-electron chi connectivity index (χ2n) is 7.82. The minimum atomic E-state index is -0.800. The quantitative estimate of drug-likeness (QED) is 0.516. The van der Waals surface area contributed by atoms with Gasteiger partial charge in [-0.25, -0.2) is 4.39 Å². The topological polar surface area (TPSA) is 100 Å². The molecule has 1 fully saturated rings. The Bertz CT molecular complexity index is 1030. The third-order valence-electron chi connectivity index (χ3n) is 5.79. The van der Waals surface area contributed by atoms with Gasteiger partial charge in [-0.3, -0.25) is 14.4 Å². The van der Waals surface area contributed by atoms with Crippen molar-refractivity contribution in [3.8, 4) is 0 Å². The van der Waals surface area contributed by atoms with E-state index in [0.29, 0.717) is 35.3 Å². The van der Waals surface area contributed by atoms with E-state index in [4.69, 9.17) is 0 Å². The molecule has 7 nitrogen and oxygen atoms in total. The Morgan fingerprint density at radius 1 is 1.17 bits per heavy atom. The predicted octanol–water partition coefficient (Wildman–Crippen LogP) is 2.55. The molecule has 0 radical (unpaired) electrons. The van der Waals surface area contributed by atoms with Crippen molar-refractivity contribution in [2.45, 2.75) is 52.2 Å². The van der Waals surface area contributed by atoms with E-state index in [1.807, 2.05) is 0 Å². The SMILES string of the molecule is Cc1cc(NC(=O)c2c(C)c(C(=O)C(=O)N[C@@H]3CCC[C@H]3O)n(C)c2C)ccc1F. The molecule has 1 saturated carbocycles. The van der Waals surface area contributed by atoms with Crippen LogP contribution in [0.2, 0.25) is 0 Å². The number of amides is 2. The minimum Gasteiger partial charge on any atom is -0.391 e. The lowest BCUT2D eigenvalue weighted by Gasteiger charge is -2.16. The summed E-state index contributed by atoms with van der Waals surface area (Å²) in [7, 11) is 1.62. The molecule has 2 aromatic rings. The number of hydrogen-bond acceptors (Lipinski definition) is 4. The number of anilines is 1. The van der Waals surface area contributed by atoms with Gasteiger partial charge < -0.3 is 20.3 Å². The first-order valence-electron chi connectivity index (χ1n) is 9.88. The molecule has 1 heterocycles. The Balaban J connectivity index is 1.85. The lowest BCUT2D eigenvalue weighted by molar-refractivity contribution is -0.118. The van der Waals surface area contributed by atoms with Gasteiger partial charge in [-0.2, -0.15) is 0 Å². The van der Waals surface area contributed by atoms with Crippen LogP contribution in [0.15, 0.2) is 18.2 Å². The Hall–Kier alpha value is -3.00. The predicted molar refractivity (Wildman–Crippen MR) is 110 cm³/mol. The zero-order chi connectivity index (χ0) is 22.2. The molecule has 30 heavy (non-hydrogen) atoms. The first-order chi connectivity index (χ1) is 14.1. The van der Waals surface area contributed by atoms with E-state index in [9.17, 15) is 23.9 Å². The standard InChI is InChI=1S/C22H26FN3O4/c1-11-10-14(8-9-15(11)23)24-21(29)18-12(2)19(26(4)13(18)3)20(28)22(30)25-16-6-5-7-17(16)27/h8-10,16-17,27H,5-7H2,1-4H3,(H,24,29)(H,25,30)/t16-,17-/m1/s1. The number of aryl methyl sites for hydroxylation is 1. The summed E-state index contributed by atoms with van der Waals surface area (Å²) < 4.78 is 15.0. The molecule has 8 heteroatoms. The van der Waals surface area contributed by atoms with E-state index in [-0.39, 0.29) is 17.1 Å². The highest BCUT2D eigenvalue weighted by atomic mass is 19.1. The second kappa shape index (κ2) is 8.39. The Kier molecular flexibility index (Phi) is 6.07. The Morgan fingerprint density at radius 2 is 1.87 bits per heavy atom. The maximum atomic E-state index is 13.5. The number of nitrogens with zero attached hydrogens (tertiary/aromatic N) is 1. The average Bonchev–Trinajstić information content (AvgIpc) is 3.18. The highest BCUT2D eigenvalue weighted by Gasteiger charge is 2.32. The van der Waals surface area contributed by atoms with Crippen LogP contribution in [0.25, 0.3) is 0 Å². The number of aliphatic hydroxyl groups excluding tert-OH is 1. The van der Waals surface area contributed by atoms with Crippen LogP contribution in [-0.2, 0) is 11.8 Å². The van der Waals surface area contributed by atoms with E-state index in [1.54, 1.807) is 27.8 Å². The van der Waals surface area contributed by atoms with Crippen LogP contribution in [0.4, 0.5) is 10.1 Å². The summed E-state index contributed by atoms with van der Waals surface area (Å²) in [5, 5.41) is 15.2. The van der Waals surface area contributed by atoms with Crippen molar-refractivity contribution in [2.75, 3.05) is 5.32 Å². The monoisotopic (exact) mass is 415 g/mol. The summed E-state index contributed by atoms with van der Waals surface area (Å²) in [5.41, 5.74) is 2.16. The number of ketones is 1. The fourth-order valence-electron chi connectivity index (χ4n) is 4.00. The third-order valence-corrected chi connectivity index (χ3v) is 5.79. The molecule has 160 valence electrons. The number of aliphatic hydroxyl groups is 1. The number of halogens is 1. The second-order valence-corrected chi connectivity index (χ2v) is 7.82. The zero-order valence-corrected chi connectivity index (χ0v) is 17.5. The van der Waals surface area contributed by atoms with Crippen LogP contribution in [0.1, 0.15) is 56.9 Å². The van der Waals surface area contributed by atoms with Crippen molar-refractivity contribution < 1.29 is 23.9 Å². The molecule has 0 bridgehead atoms. The van der Waals surface area contributed by atoms with Crippen LogP contribution >= 0.6 is 0 Å². The number of carbonyl (C=O) groups excluding carboxylic acids is 3. The summed E-state index contributed by atoms with van der Waals surface area (Å²) in [6.45, 7) is 4.90. The van der Waals surface area contributed by atoms with Crippen molar-refractivity contribution in [1.82, 2.24) is 9.88 Å². The zero-order valence-electron chi connectivity index (χ0n) is 17.5. The minimum absolute atomic E-state index is 0.123. The van der Waals surface area contributed by atoms with Gasteiger partial charge >= 0.3 is 0 Å². The fourth-order valence-corrected chi connectivity index (χ4v) is 4.00. The average molecular weight is 415 g/mol. The third kappa shape index (κ3) is 4.00. The molecule has 2 amide bonds. The highest BCUT2D eigenvalue weighted by Crippen LogP contribution is 2.24. The summed E-state index contributed by atoms with van der Waals surface area (Å²) >= 11 is 0. The number of hydrogen-bond donors (Lipinski definition) is 3. The Morgan fingerprint density at radius 3 is 2.47 bits per heavy atom. The van der Waals surface area contributed by atoms with Crippen molar-refractivity contribution in [2.24, 2.45) is 7.05 Å². The molecule has 0 aliphatic heterocycles. The molecule has 3 rings (SSSR count). The van der Waals surface area contributed by atoms with E-state index in [2.05, 4.69) is 10.6 Å². The molecular formula is C22H26FN3O4. The molecule has 0 saturated heterocycles. The first kappa shape index (κ1) is 21.7. The first-order valence-corrected chi connectivity index (χ1v) is 9.88. The molecule has 1 aromatic carbocycles. The summed E-state index contributed by atoms with van der Waals surface area (Å²) in [6.07, 6.45) is 1.35. The lowest BCUT2D eigenvalue weighted by Crippen LogP contribution is -2.43. The molecule has 3 N–H and O–H groups in total. The number of aromatic nitrogens is 1. The van der Waals surface area contributed by atoms with E-state index < -0.39 is 29.7 Å².